The monoisotopic (exact) mass is 362 g/mol. The number of fused-ring (bicyclic) bond motifs is 1. The van der Waals surface area contributed by atoms with E-state index in [1.165, 1.54) is 0 Å². The summed E-state index contributed by atoms with van der Waals surface area (Å²) in [5.41, 5.74) is 9.93. The Bertz CT molecular complexity index is 1010. The molecule has 0 aliphatic carbocycles. The number of hydrogen-bond donors (Lipinski definition) is 2. The lowest BCUT2D eigenvalue weighted by atomic mass is 9.96. The summed E-state index contributed by atoms with van der Waals surface area (Å²) >= 11 is 0. The largest absolute Gasteiger partial charge is 0.468 e. The number of nitrogens with two attached hydrogens (primary N) is 1. The number of anilines is 1. The summed E-state index contributed by atoms with van der Waals surface area (Å²) in [6.07, 6.45) is -0.361. The van der Waals surface area contributed by atoms with Gasteiger partial charge in [0.2, 0.25) is 0 Å². The number of nitrogen functional groups attached to an aromatic ring is 1. The Morgan fingerprint density at radius 3 is 2.63 bits per heavy atom. The van der Waals surface area contributed by atoms with E-state index in [-0.39, 0.29) is 6.79 Å². The van der Waals surface area contributed by atoms with E-state index in [1.54, 1.807) is 13.2 Å². The average Bonchev–Trinajstić information content (AvgIpc) is 2.68. The number of rotatable bonds is 6. The van der Waals surface area contributed by atoms with Gasteiger partial charge in [-0.25, -0.2) is 0 Å². The number of aliphatic hydroxyl groups excluding tert-OH is 1. The van der Waals surface area contributed by atoms with Crippen molar-refractivity contribution in [3.8, 4) is 11.8 Å². The summed E-state index contributed by atoms with van der Waals surface area (Å²) in [6.45, 7) is 2.06. The summed E-state index contributed by atoms with van der Waals surface area (Å²) in [5.74, 6) is 0.655. The minimum Gasteiger partial charge on any atom is -0.468 e. The second-order valence-corrected chi connectivity index (χ2v) is 6.52. The third kappa shape index (κ3) is 4.20. The van der Waals surface area contributed by atoms with Crippen LogP contribution in [0.1, 0.15) is 28.4 Å². The van der Waals surface area contributed by atoms with E-state index in [0.717, 1.165) is 27.5 Å². The van der Waals surface area contributed by atoms with Crippen molar-refractivity contribution in [3.63, 3.8) is 0 Å². The number of hydrogen-bond acceptors (Lipinski definition) is 5. The first kappa shape index (κ1) is 18.7. The average molecular weight is 362 g/mol. The summed E-state index contributed by atoms with van der Waals surface area (Å²) < 4.78 is 10.5. The molecule has 0 saturated heterocycles. The predicted octanol–water partition coefficient (Wildman–Crippen LogP) is 3.86. The number of nitrogens with zero attached hydrogens (tertiary/aromatic N) is 1. The molecule has 3 rings (SSSR count). The maximum absolute atomic E-state index is 10.8. The molecule has 0 fully saturated rings. The summed E-state index contributed by atoms with van der Waals surface area (Å²) in [5, 5.41) is 21.8. The van der Waals surface area contributed by atoms with E-state index >= 15 is 0 Å². The van der Waals surface area contributed by atoms with E-state index in [4.69, 9.17) is 20.5 Å². The van der Waals surface area contributed by atoms with Crippen molar-refractivity contribution in [2.24, 2.45) is 0 Å². The van der Waals surface area contributed by atoms with Gasteiger partial charge in [-0.3, -0.25) is 0 Å². The molecule has 138 valence electrons. The van der Waals surface area contributed by atoms with Gasteiger partial charge in [-0.15, -0.1) is 0 Å². The van der Waals surface area contributed by atoms with Gasteiger partial charge in [-0.2, -0.15) is 5.26 Å². The number of aliphatic hydroxyl groups is 1. The van der Waals surface area contributed by atoms with Gasteiger partial charge in [-0.05, 0) is 64.7 Å². The van der Waals surface area contributed by atoms with E-state index in [0.29, 0.717) is 23.4 Å². The van der Waals surface area contributed by atoms with Crippen LogP contribution >= 0.6 is 0 Å². The minimum absolute atomic E-state index is 0.150. The first-order valence-electron chi connectivity index (χ1n) is 8.64. The van der Waals surface area contributed by atoms with Gasteiger partial charge in [0.05, 0.1) is 17.7 Å². The highest BCUT2D eigenvalue weighted by atomic mass is 16.7. The molecule has 0 saturated carbocycles. The molecule has 1 atom stereocenters. The van der Waals surface area contributed by atoms with Crippen LogP contribution in [-0.2, 0) is 11.2 Å². The molecule has 3 aromatic carbocycles. The van der Waals surface area contributed by atoms with E-state index < -0.39 is 6.10 Å². The zero-order valence-corrected chi connectivity index (χ0v) is 15.4. The van der Waals surface area contributed by atoms with Gasteiger partial charge in [0.15, 0.2) is 6.79 Å². The molecular formula is C22H22N2O3. The first-order valence-corrected chi connectivity index (χ1v) is 8.64. The standard InChI is InChI=1S/C22H22N2O3/c1-14-7-20(27-13-26-2)10-19(22(14)24)11-21(25)17-6-5-16-4-3-15(12-23)8-18(16)9-17/h3-10,21,25H,11,13,24H2,1-2H3. The quantitative estimate of drug-likeness (QED) is 0.513. The predicted molar refractivity (Wildman–Crippen MR) is 105 cm³/mol. The van der Waals surface area contributed by atoms with Crippen LogP contribution < -0.4 is 10.5 Å². The van der Waals surface area contributed by atoms with Crippen molar-refractivity contribution in [1.29, 1.82) is 5.26 Å². The smallest absolute Gasteiger partial charge is 0.188 e. The topological polar surface area (TPSA) is 88.5 Å². The normalized spacial score (nSPS) is 11.9. The van der Waals surface area contributed by atoms with E-state index in [9.17, 15) is 5.11 Å². The fraction of sp³-hybridized carbons (Fsp3) is 0.227. The first-order chi connectivity index (χ1) is 13.0. The fourth-order valence-electron chi connectivity index (χ4n) is 3.08. The molecule has 3 N–H and O–H groups in total. The highest BCUT2D eigenvalue weighted by molar-refractivity contribution is 5.84. The zero-order valence-electron chi connectivity index (χ0n) is 15.4. The number of methoxy groups -OCH3 is 1. The lowest BCUT2D eigenvalue weighted by molar-refractivity contribution is 0.0510. The zero-order chi connectivity index (χ0) is 19.4. The van der Waals surface area contributed by atoms with Crippen LogP contribution in [-0.4, -0.2) is 19.0 Å². The van der Waals surface area contributed by atoms with Crippen molar-refractivity contribution in [1.82, 2.24) is 0 Å². The Morgan fingerprint density at radius 2 is 1.89 bits per heavy atom. The summed E-state index contributed by atoms with van der Waals surface area (Å²) in [7, 11) is 1.56. The maximum atomic E-state index is 10.8. The maximum Gasteiger partial charge on any atom is 0.188 e. The van der Waals surface area contributed by atoms with Gasteiger partial charge in [0.1, 0.15) is 5.75 Å². The lowest BCUT2D eigenvalue weighted by Crippen LogP contribution is -2.07. The molecule has 0 aliphatic rings. The minimum atomic E-state index is -0.723. The number of aryl methyl sites for hydroxylation is 1. The highest BCUT2D eigenvalue weighted by Gasteiger charge is 2.14. The molecular weight excluding hydrogens is 340 g/mol. The molecule has 0 bridgehead atoms. The van der Waals surface area contributed by atoms with Crippen LogP contribution in [0.5, 0.6) is 5.75 Å². The fourth-order valence-corrected chi connectivity index (χ4v) is 3.08. The van der Waals surface area contributed by atoms with Crippen LogP contribution in [0.3, 0.4) is 0 Å². The third-order valence-corrected chi connectivity index (χ3v) is 4.58. The van der Waals surface area contributed by atoms with Gasteiger partial charge >= 0.3 is 0 Å². The third-order valence-electron chi connectivity index (χ3n) is 4.58. The molecule has 3 aromatic rings. The van der Waals surface area contributed by atoms with E-state index in [1.807, 2.05) is 49.4 Å². The van der Waals surface area contributed by atoms with Crippen LogP contribution in [0.25, 0.3) is 10.8 Å². The van der Waals surface area contributed by atoms with Crippen molar-refractivity contribution >= 4 is 16.5 Å². The van der Waals surface area contributed by atoms with Gasteiger partial charge in [0.25, 0.3) is 0 Å². The number of ether oxygens (including phenoxy) is 2. The second-order valence-electron chi connectivity index (χ2n) is 6.52. The van der Waals surface area contributed by atoms with Gasteiger partial charge in [-0.1, -0.05) is 18.2 Å². The van der Waals surface area contributed by atoms with Gasteiger partial charge in [0, 0.05) is 19.2 Å². The van der Waals surface area contributed by atoms with E-state index in [2.05, 4.69) is 6.07 Å². The van der Waals surface area contributed by atoms with Crippen LogP contribution in [0.15, 0.2) is 48.5 Å². The second kappa shape index (κ2) is 8.09. The molecule has 5 nitrogen and oxygen atoms in total. The lowest BCUT2D eigenvalue weighted by Gasteiger charge is -2.16. The van der Waals surface area contributed by atoms with Crippen LogP contribution in [0.2, 0.25) is 0 Å². The van der Waals surface area contributed by atoms with Crippen molar-refractivity contribution in [2.75, 3.05) is 19.6 Å². The molecule has 27 heavy (non-hydrogen) atoms. The summed E-state index contributed by atoms with van der Waals surface area (Å²) in [4.78, 5) is 0. The molecule has 0 aliphatic heterocycles. The Labute approximate surface area is 158 Å². The molecule has 0 heterocycles. The molecule has 0 radical (unpaired) electrons. The summed E-state index contributed by atoms with van der Waals surface area (Å²) in [6, 6.07) is 17.1. The molecule has 1 unspecified atom stereocenters. The Morgan fingerprint density at radius 1 is 1.11 bits per heavy atom. The Hall–Kier alpha value is -3.07. The number of nitriles is 1. The van der Waals surface area contributed by atoms with Crippen LogP contribution in [0, 0.1) is 18.3 Å². The number of benzene rings is 3. The Kier molecular flexibility index (Phi) is 5.60. The van der Waals surface area contributed by atoms with Crippen molar-refractivity contribution in [2.45, 2.75) is 19.4 Å². The molecule has 0 spiro atoms. The SMILES string of the molecule is COCOc1cc(C)c(N)c(CC(O)c2ccc3ccc(C#N)cc3c2)c1. The molecule has 0 aromatic heterocycles. The highest BCUT2D eigenvalue weighted by Crippen LogP contribution is 2.30. The Balaban J connectivity index is 1.88. The molecule has 0 amide bonds. The van der Waals surface area contributed by atoms with Crippen molar-refractivity contribution < 1.29 is 14.6 Å². The molecule has 5 heteroatoms. The van der Waals surface area contributed by atoms with Gasteiger partial charge < -0.3 is 20.3 Å². The van der Waals surface area contributed by atoms with Crippen LogP contribution in [0.4, 0.5) is 5.69 Å². The van der Waals surface area contributed by atoms with Crippen molar-refractivity contribution in [3.05, 3.63) is 70.8 Å².